The lowest BCUT2D eigenvalue weighted by Gasteiger charge is -2.19. The number of anilines is 2. The van der Waals surface area contributed by atoms with Crippen LogP contribution in [0, 0.1) is 0 Å². The lowest BCUT2D eigenvalue weighted by molar-refractivity contribution is -0.116. The van der Waals surface area contributed by atoms with Gasteiger partial charge in [0.2, 0.25) is 15.9 Å². The van der Waals surface area contributed by atoms with Gasteiger partial charge in [-0.3, -0.25) is 9.52 Å². The Morgan fingerprint density at radius 3 is 2.40 bits per heavy atom. The maximum absolute atomic E-state index is 13.1. The van der Waals surface area contributed by atoms with Gasteiger partial charge in [0.1, 0.15) is 16.4 Å². The number of benzene rings is 2. The molecule has 1 amide bonds. The van der Waals surface area contributed by atoms with Crippen molar-refractivity contribution in [2.45, 2.75) is 31.3 Å². The largest absolute Gasteiger partial charge is 0.495 e. The number of sulfonamides is 2. The smallest absolute Gasteiger partial charge is 0.265 e. The number of rotatable bonds is 7. The number of hydrogen-bond donors (Lipinski definition) is 1. The molecule has 0 aliphatic carbocycles. The maximum atomic E-state index is 13.1. The van der Waals surface area contributed by atoms with Gasteiger partial charge in [-0.1, -0.05) is 12.1 Å². The first-order valence-electron chi connectivity index (χ1n) is 9.07. The minimum atomic E-state index is -4.21. The summed E-state index contributed by atoms with van der Waals surface area (Å²) in [6.45, 7) is 3.62. The molecule has 1 heterocycles. The summed E-state index contributed by atoms with van der Waals surface area (Å²) in [5.74, 6) is -0.605. The van der Waals surface area contributed by atoms with Crippen LogP contribution in [0.1, 0.15) is 20.3 Å². The average Bonchev–Trinajstić information content (AvgIpc) is 2.95. The highest BCUT2D eigenvalue weighted by Crippen LogP contribution is 2.35. The zero-order valence-electron chi connectivity index (χ0n) is 16.7. The van der Waals surface area contributed by atoms with Crippen LogP contribution in [0.4, 0.5) is 11.4 Å². The second-order valence-electron chi connectivity index (χ2n) is 6.83. The number of ether oxygens (including phenoxy) is 2. The van der Waals surface area contributed by atoms with Crippen LogP contribution in [0.5, 0.6) is 11.5 Å². The van der Waals surface area contributed by atoms with E-state index in [1.54, 1.807) is 24.3 Å². The molecular formula is C19H22N2O7S2. The van der Waals surface area contributed by atoms with Crippen LogP contribution >= 0.6 is 0 Å². The molecule has 0 aromatic heterocycles. The van der Waals surface area contributed by atoms with Crippen molar-refractivity contribution in [3.8, 4) is 11.5 Å². The van der Waals surface area contributed by atoms with Gasteiger partial charge in [-0.25, -0.2) is 21.1 Å². The summed E-state index contributed by atoms with van der Waals surface area (Å²) in [5, 5.41) is 0. The topological polar surface area (TPSA) is 119 Å². The normalized spacial score (nSPS) is 16.0. The molecule has 0 unspecified atom stereocenters. The SMILES string of the molecule is COc1ccc(N2C(=O)CCS2(=O)=O)cc1S(=O)(=O)Nc1ccccc1OC(C)C. The van der Waals surface area contributed by atoms with Crippen molar-refractivity contribution < 1.29 is 31.1 Å². The summed E-state index contributed by atoms with van der Waals surface area (Å²) in [6, 6.07) is 10.3. The van der Waals surface area contributed by atoms with Gasteiger partial charge >= 0.3 is 0 Å². The van der Waals surface area contributed by atoms with Crippen LogP contribution in [-0.4, -0.2) is 41.7 Å². The number of nitrogens with zero attached hydrogens (tertiary/aromatic N) is 1. The van der Waals surface area contributed by atoms with Gasteiger partial charge in [0.25, 0.3) is 10.0 Å². The molecular weight excluding hydrogens is 432 g/mol. The quantitative estimate of drug-likeness (QED) is 0.682. The fraction of sp³-hybridized carbons (Fsp3) is 0.316. The Morgan fingerprint density at radius 1 is 1.10 bits per heavy atom. The third-order valence-corrected chi connectivity index (χ3v) is 7.32. The Morgan fingerprint density at radius 2 is 1.80 bits per heavy atom. The molecule has 9 nitrogen and oxygen atoms in total. The molecule has 0 radical (unpaired) electrons. The molecule has 2 aromatic carbocycles. The van der Waals surface area contributed by atoms with Crippen LogP contribution in [0.3, 0.4) is 0 Å². The fourth-order valence-electron chi connectivity index (χ4n) is 2.98. The summed E-state index contributed by atoms with van der Waals surface area (Å²) >= 11 is 0. The van der Waals surface area contributed by atoms with Crippen LogP contribution in [0.25, 0.3) is 0 Å². The van der Waals surface area contributed by atoms with E-state index < -0.39 is 26.0 Å². The van der Waals surface area contributed by atoms with Crippen molar-refractivity contribution in [3.05, 3.63) is 42.5 Å². The average molecular weight is 455 g/mol. The van der Waals surface area contributed by atoms with Crippen LogP contribution in [-0.2, 0) is 24.8 Å². The Kier molecular flexibility index (Phi) is 5.95. The zero-order chi connectivity index (χ0) is 22.1. The molecule has 3 rings (SSSR count). The van der Waals surface area contributed by atoms with Gasteiger partial charge in [-0.15, -0.1) is 0 Å². The molecule has 2 aromatic rings. The predicted octanol–water partition coefficient (Wildman–Crippen LogP) is 2.35. The summed E-state index contributed by atoms with van der Waals surface area (Å²) in [5.41, 5.74) is 0.147. The highest BCUT2D eigenvalue weighted by molar-refractivity contribution is 7.94. The molecule has 11 heteroatoms. The van der Waals surface area contributed by atoms with E-state index >= 15 is 0 Å². The second-order valence-corrected chi connectivity index (χ2v) is 10.4. The number of carbonyl (C=O) groups is 1. The Bertz CT molecular complexity index is 1180. The molecule has 162 valence electrons. The number of methoxy groups -OCH3 is 1. The Balaban J connectivity index is 2.05. The maximum Gasteiger partial charge on any atom is 0.265 e. The first-order chi connectivity index (χ1) is 14.0. The fourth-order valence-corrected chi connectivity index (χ4v) is 5.69. The highest BCUT2D eigenvalue weighted by Gasteiger charge is 2.37. The number of amides is 1. The number of para-hydroxylation sites is 2. The molecule has 0 atom stereocenters. The summed E-state index contributed by atoms with van der Waals surface area (Å²) < 4.78 is 64.6. The Hall–Kier alpha value is -2.79. The van der Waals surface area contributed by atoms with Crippen molar-refractivity contribution in [1.82, 2.24) is 0 Å². The summed E-state index contributed by atoms with van der Waals surface area (Å²) in [4.78, 5) is 11.8. The minimum absolute atomic E-state index is 0.00227. The molecule has 30 heavy (non-hydrogen) atoms. The number of hydrogen-bond acceptors (Lipinski definition) is 7. The van der Waals surface area contributed by atoms with E-state index in [9.17, 15) is 21.6 Å². The van der Waals surface area contributed by atoms with Crippen molar-refractivity contribution in [2.75, 3.05) is 21.9 Å². The van der Waals surface area contributed by atoms with E-state index in [0.29, 0.717) is 10.1 Å². The lowest BCUT2D eigenvalue weighted by Crippen LogP contribution is -2.29. The van der Waals surface area contributed by atoms with Crippen molar-refractivity contribution in [2.24, 2.45) is 0 Å². The van der Waals surface area contributed by atoms with Gasteiger partial charge in [-0.2, -0.15) is 0 Å². The minimum Gasteiger partial charge on any atom is -0.495 e. The number of carbonyl (C=O) groups excluding carboxylic acids is 1. The second kappa shape index (κ2) is 8.15. The van der Waals surface area contributed by atoms with E-state index in [1.807, 2.05) is 13.8 Å². The van der Waals surface area contributed by atoms with Crippen molar-refractivity contribution >= 4 is 37.3 Å². The highest BCUT2D eigenvalue weighted by atomic mass is 32.2. The standard InChI is InChI=1S/C19H22N2O7S2/c1-13(2)28-16-7-5-4-6-15(16)20-30(25,26)18-12-14(8-9-17(18)27-3)21-19(22)10-11-29(21,23)24/h4-9,12-13,20H,10-11H2,1-3H3. The summed E-state index contributed by atoms with van der Waals surface area (Å²) in [7, 11) is -6.76. The zero-order valence-corrected chi connectivity index (χ0v) is 18.3. The van der Waals surface area contributed by atoms with Crippen LogP contribution in [0.15, 0.2) is 47.4 Å². The van der Waals surface area contributed by atoms with Crippen molar-refractivity contribution in [1.29, 1.82) is 0 Å². The van der Waals surface area contributed by atoms with Crippen molar-refractivity contribution in [3.63, 3.8) is 0 Å². The van der Waals surface area contributed by atoms with E-state index in [-0.39, 0.29) is 40.3 Å². The third-order valence-electron chi connectivity index (χ3n) is 4.24. The lowest BCUT2D eigenvalue weighted by atomic mass is 10.3. The van der Waals surface area contributed by atoms with E-state index in [1.165, 1.54) is 19.2 Å². The molecule has 1 N–H and O–H groups in total. The molecule has 1 fully saturated rings. The molecule has 0 spiro atoms. The number of nitrogens with one attached hydrogen (secondary N) is 1. The molecule has 0 saturated carbocycles. The first-order valence-corrected chi connectivity index (χ1v) is 12.2. The first kappa shape index (κ1) is 21.9. The van der Waals surface area contributed by atoms with Crippen LogP contribution in [0.2, 0.25) is 0 Å². The molecule has 1 aliphatic heterocycles. The van der Waals surface area contributed by atoms with E-state index in [4.69, 9.17) is 9.47 Å². The van der Waals surface area contributed by atoms with Gasteiger partial charge < -0.3 is 9.47 Å². The summed E-state index contributed by atoms with van der Waals surface area (Å²) in [6.07, 6.45) is -0.339. The van der Waals surface area contributed by atoms with Gasteiger partial charge in [0, 0.05) is 6.42 Å². The van der Waals surface area contributed by atoms with E-state index in [0.717, 1.165) is 6.07 Å². The predicted molar refractivity (Wildman–Crippen MR) is 112 cm³/mol. The third kappa shape index (κ3) is 4.36. The van der Waals surface area contributed by atoms with Gasteiger partial charge in [0.05, 0.1) is 30.3 Å². The molecule has 1 aliphatic rings. The Labute approximate surface area is 175 Å². The van der Waals surface area contributed by atoms with Gasteiger partial charge in [0.15, 0.2) is 0 Å². The van der Waals surface area contributed by atoms with E-state index in [2.05, 4.69) is 4.72 Å². The van der Waals surface area contributed by atoms with Gasteiger partial charge in [-0.05, 0) is 44.2 Å². The van der Waals surface area contributed by atoms with Crippen LogP contribution < -0.4 is 18.5 Å². The molecule has 0 bridgehead atoms. The monoisotopic (exact) mass is 454 g/mol. The molecule has 1 saturated heterocycles.